The maximum atomic E-state index is 12.3. The number of hydrogen-bond donors (Lipinski definition) is 2. The second-order valence-electron chi connectivity index (χ2n) is 7.84. The molecule has 1 amide bonds. The van der Waals surface area contributed by atoms with E-state index in [1.165, 1.54) is 32.1 Å². The number of rotatable bonds is 5. The minimum Gasteiger partial charge on any atom is -0.362 e. The number of hydrogen-bond acceptors (Lipinski definition) is 6. The van der Waals surface area contributed by atoms with E-state index in [1.54, 1.807) is 0 Å². The third-order valence-corrected chi connectivity index (χ3v) is 5.87. The van der Waals surface area contributed by atoms with Gasteiger partial charge in [-0.1, -0.05) is 19.3 Å². The zero-order valence-corrected chi connectivity index (χ0v) is 15.4. The number of carbonyl (C=O) groups is 1. The molecule has 2 N–H and O–H groups in total. The van der Waals surface area contributed by atoms with Crippen molar-refractivity contribution in [1.29, 1.82) is 0 Å². The zero-order chi connectivity index (χ0) is 18.2. The van der Waals surface area contributed by atoms with Crippen LogP contribution < -0.4 is 10.6 Å². The van der Waals surface area contributed by atoms with Gasteiger partial charge in [0, 0.05) is 24.1 Å². The molecule has 0 aromatic carbocycles. The first-order chi connectivity index (χ1) is 13.3. The van der Waals surface area contributed by atoms with Crippen molar-refractivity contribution in [3.8, 4) is 0 Å². The quantitative estimate of drug-likeness (QED) is 0.842. The van der Waals surface area contributed by atoms with Crippen LogP contribution in [0.2, 0.25) is 0 Å². The fourth-order valence-corrected chi connectivity index (χ4v) is 4.20. The lowest BCUT2D eigenvalue weighted by Gasteiger charge is -2.24. The topological polar surface area (TPSA) is 97.6 Å². The van der Waals surface area contributed by atoms with Crippen LogP contribution in [0.3, 0.4) is 0 Å². The Bertz CT molecular complexity index is 852. The highest BCUT2D eigenvalue weighted by molar-refractivity contribution is 5.96. The molecule has 0 unspecified atom stereocenters. The predicted octanol–water partition coefficient (Wildman–Crippen LogP) is 2.35. The molecule has 3 heterocycles. The van der Waals surface area contributed by atoms with Gasteiger partial charge in [0.05, 0.1) is 6.54 Å². The van der Waals surface area contributed by atoms with E-state index in [-0.39, 0.29) is 5.91 Å². The van der Waals surface area contributed by atoms with Gasteiger partial charge in [0.1, 0.15) is 23.7 Å². The number of carbonyl (C=O) groups excluding carboxylic acids is 1. The molecule has 27 heavy (non-hydrogen) atoms. The second-order valence-corrected chi connectivity index (χ2v) is 7.84. The normalized spacial score (nSPS) is 20.2. The van der Waals surface area contributed by atoms with Crippen molar-refractivity contribution >= 4 is 11.7 Å². The standard InChI is InChI=1S/C19H25N7O/c27-19-16-14(8-9-20-19)18(24-17(23-16)12-6-7-12)21-10-15-25-22-11-26(15)13-4-2-1-3-5-13/h11-13H,1-10H2,(H,20,27)(H,21,23,24). The largest absolute Gasteiger partial charge is 0.362 e. The monoisotopic (exact) mass is 367 g/mol. The van der Waals surface area contributed by atoms with Crippen LogP contribution in [0.15, 0.2) is 6.33 Å². The summed E-state index contributed by atoms with van der Waals surface area (Å²) in [5.74, 6) is 2.82. The van der Waals surface area contributed by atoms with E-state index in [4.69, 9.17) is 4.98 Å². The van der Waals surface area contributed by atoms with Crippen molar-refractivity contribution in [2.75, 3.05) is 11.9 Å². The van der Waals surface area contributed by atoms with Crippen LogP contribution in [0, 0.1) is 0 Å². The lowest BCUT2D eigenvalue weighted by atomic mass is 9.95. The molecule has 3 aliphatic rings. The Morgan fingerprint density at radius 3 is 2.81 bits per heavy atom. The van der Waals surface area contributed by atoms with Gasteiger partial charge in [-0.3, -0.25) is 4.79 Å². The summed E-state index contributed by atoms with van der Waals surface area (Å²) in [5, 5.41) is 14.8. The molecule has 2 aromatic heterocycles. The van der Waals surface area contributed by atoms with E-state index in [2.05, 4.69) is 30.4 Å². The molecule has 0 bridgehead atoms. The minimum absolute atomic E-state index is 0.0889. The van der Waals surface area contributed by atoms with Crippen LogP contribution in [-0.2, 0) is 13.0 Å². The fraction of sp³-hybridized carbons (Fsp3) is 0.632. The predicted molar refractivity (Wildman–Crippen MR) is 99.5 cm³/mol. The molecular formula is C19H25N7O. The van der Waals surface area contributed by atoms with Gasteiger partial charge >= 0.3 is 0 Å². The van der Waals surface area contributed by atoms with E-state index in [9.17, 15) is 4.79 Å². The summed E-state index contributed by atoms with van der Waals surface area (Å²) in [6.07, 6.45) is 11.1. The molecule has 2 aliphatic carbocycles. The van der Waals surface area contributed by atoms with Gasteiger partial charge in [-0.05, 0) is 32.1 Å². The fourth-order valence-electron chi connectivity index (χ4n) is 4.20. The molecule has 2 fully saturated rings. The highest BCUT2D eigenvalue weighted by Crippen LogP contribution is 2.39. The Balaban J connectivity index is 1.40. The Hall–Kier alpha value is -2.51. The van der Waals surface area contributed by atoms with Gasteiger partial charge in [-0.25, -0.2) is 9.97 Å². The van der Waals surface area contributed by atoms with Gasteiger partial charge in [0.2, 0.25) is 0 Å². The van der Waals surface area contributed by atoms with Crippen molar-refractivity contribution in [3.05, 3.63) is 29.2 Å². The van der Waals surface area contributed by atoms with E-state index in [1.807, 2.05) is 6.33 Å². The first-order valence-corrected chi connectivity index (χ1v) is 10.1. The molecular weight excluding hydrogens is 342 g/mol. The van der Waals surface area contributed by atoms with Crippen molar-refractivity contribution in [2.45, 2.75) is 69.9 Å². The molecule has 0 radical (unpaired) electrons. The molecule has 0 saturated heterocycles. The lowest BCUT2D eigenvalue weighted by molar-refractivity contribution is 0.0940. The number of nitrogens with zero attached hydrogens (tertiary/aromatic N) is 5. The molecule has 0 spiro atoms. The molecule has 8 heteroatoms. The maximum absolute atomic E-state index is 12.3. The maximum Gasteiger partial charge on any atom is 0.270 e. The molecule has 8 nitrogen and oxygen atoms in total. The third-order valence-electron chi connectivity index (χ3n) is 5.87. The number of nitrogens with one attached hydrogen (secondary N) is 2. The van der Waals surface area contributed by atoms with Gasteiger partial charge in [0.25, 0.3) is 5.91 Å². The van der Waals surface area contributed by atoms with Crippen LogP contribution in [0.1, 0.15) is 84.6 Å². The molecule has 2 saturated carbocycles. The first-order valence-electron chi connectivity index (χ1n) is 10.1. The van der Waals surface area contributed by atoms with Gasteiger partial charge in [-0.15, -0.1) is 10.2 Å². The number of anilines is 1. The summed E-state index contributed by atoms with van der Waals surface area (Å²) in [6.45, 7) is 1.19. The van der Waals surface area contributed by atoms with Crippen molar-refractivity contribution in [1.82, 2.24) is 30.0 Å². The Morgan fingerprint density at radius 2 is 2.00 bits per heavy atom. The number of amides is 1. The number of fused-ring (bicyclic) bond motifs is 1. The van der Waals surface area contributed by atoms with Crippen molar-refractivity contribution < 1.29 is 4.79 Å². The molecule has 5 rings (SSSR count). The van der Waals surface area contributed by atoms with Gasteiger partial charge < -0.3 is 15.2 Å². The van der Waals surface area contributed by atoms with Crippen LogP contribution in [0.5, 0.6) is 0 Å². The van der Waals surface area contributed by atoms with Crippen LogP contribution in [0.4, 0.5) is 5.82 Å². The highest BCUT2D eigenvalue weighted by Gasteiger charge is 2.31. The van der Waals surface area contributed by atoms with Crippen molar-refractivity contribution in [2.24, 2.45) is 0 Å². The average molecular weight is 367 g/mol. The second kappa shape index (κ2) is 6.90. The van der Waals surface area contributed by atoms with E-state index < -0.39 is 0 Å². The Kier molecular flexibility index (Phi) is 4.26. The summed E-state index contributed by atoms with van der Waals surface area (Å²) < 4.78 is 2.22. The third kappa shape index (κ3) is 3.28. The Morgan fingerprint density at radius 1 is 1.15 bits per heavy atom. The summed E-state index contributed by atoms with van der Waals surface area (Å²) in [7, 11) is 0. The van der Waals surface area contributed by atoms with E-state index in [0.29, 0.717) is 30.7 Å². The summed E-state index contributed by atoms with van der Waals surface area (Å²) >= 11 is 0. The first kappa shape index (κ1) is 16.6. The zero-order valence-electron chi connectivity index (χ0n) is 15.4. The molecule has 1 aliphatic heterocycles. The van der Waals surface area contributed by atoms with E-state index >= 15 is 0 Å². The lowest BCUT2D eigenvalue weighted by Crippen LogP contribution is -2.34. The smallest absolute Gasteiger partial charge is 0.270 e. The van der Waals surface area contributed by atoms with E-state index in [0.717, 1.165) is 42.3 Å². The SMILES string of the molecule is O=C1NCCc2c(NCc3nncn3C3CCCCC3)nc(C3CC3)nc21. The van der Waals surface area contributed by atoms with Crippen molar-refractivity contribution in [3.63, 3.8) is 0 Å². The summed E-state index contributed by atoms with van der Waals surface area (Å²) in [6, 6.07) is 0.498. The van der Waals surface area contributed by atoms with Gasteiger partial charge in [-0.2, -0.15) is 0 Å². The molecule has 142 valence electrons. The van der Waals surface area contributed by atoms with Crippen LogP contribution in [0.25, 0.3) is 0 Å². The summed E-state index contributed by atoms with van der Waals surface area (Å²) in [4.78, 5) is 21.6. The minimum atomic E-state index is -0.0889. The highest BCUT2D eigenvalue weighted by atomic mass is 16.1. The Labute approximate surface area is 158 Å². The van der Waals surface area contributed by atoms with Crippen LogP contribution in [-0.4, -0.2) is 37.2 Å². The van der Waals surface area contributed by atoms with Gasteiger partial charge in [0.15, 0.2) is 5.82 Å². The van der Waals surface area contributed by atoms with Crippen LogP contribution >= 0.6 is 0 Å². The summed E-state index contributed by atoms with van der Waals surface area (Å²) in [5.41, 5.74) is 1.46. The number of aromatic nitrogens is 5. The average Bonchev–Trinajstić information content (AvgIpc) is 3.45. The molecule has 2 aromatic rings. The molecule has 0 atom stereocenters.